The van der Waals surface area contributed by atoms with Gasteiger partial charge in [-0.1, -0.05) is 12.1 Å². The summed E-state index contributed by atoms with van der Waals surface area (Å²) in [5.74, 6) is 0.116. The van der Waals surface area contributed by atoms with Gasteiger partial charge in [0.25, 0.3) is 0 Å². The Morgan fingerprint density at radius 3 is 2.52 bits per heavy atom. The predicted molar refractivity (Wildman–Crippen MR) is 94.9 cm³/mol. The van der Waals surface area contributed by atoms with Crippen LogP contribution in [-0.4, -0.2) is 49.6 Å². The van der Waals surface area contributed by atoms with E-state index in [-0.39, 0.29) is 11.5 Å². The van der Waals surface area contributed by atoms with Crippen molar-refractivity contribution in [3.8, 4) is 0 Å². The molecule has 2 aliphatic rings. The van der Waals surface area contributed by atoms with Crippen LogP contribution in [0.25, 0.3) is 0 Å². The Kier molecular flexibility index (Phi) is 5.18. The third-order valence-electron chi connectivity index (χ3n) is 6.01. The number of likely N-dealkylation sites (tertiary alicyclic amines) is 1. The van der Waals surface area contributed by atoms with Crippen LogP contribution in [0.5, 0.6) is 0 Å². The fourth-order valence-electron chi connectivity index (χ4n) is 4.26. The van der Waals surface area contributed by atoms with Crippen molar-refractivity contribution in [3.05, 3.63) is 34.9 Å². The number of benzene rings is 1. The molecule has 1 saturated heterocycles. The van der Waals surface area contributed by atoms with Gasteiger partial charge in [-0.05, 0) is 89.3 Å². The molecule has 2 nitrogen and oxygen atoms in total. The Morgan fingerprint density at radius 2 is 1.96 bits per heavy atom. The van der Waals surface area contributed by atoms with Crippen LogP contribution in [0.3, 0.4) is 0 Å². The molecule has 0 N–H and O–H groups in total. The molecule has 5 heteroatoms. The average molecular weight is 354 g/mol. The Bertz CT molecular complexity index is 607. The predicted octanol–water partition coefficient (Wildman–Crippen LogP) is 4.54. The Labute approximate surface area is 149 Å². The lowest BCUT2D eigenvalue weighted by molar-refractivity contribution is -0.138. The van der Waals surface area contributed by atoms with Crippen molar-refractivity contribution in [1.29, 1.82) is 0 Å². The summed E-state index contributed by atoms with van der Waals surface area (Å²) in [6, 6.07) is 5.05. The molecule has 0 unspecified atom stereocenters. The van der Waals surface area contributed by atoms with E-state index in [4.69, 9.17) is 0 Å². The molecule has 0 amide bonds. The van der Waals surface area contributed by atoms with E-state index in [9.17, 15) is 13.2 Å². The molecule has 1 aliphatic heterocycles. The van der Waals surface area contributed by atoms with Crippen LogP contribution in [0, 0.1) is 0 Å². The highest BCUT2D eigenvalue weighted by atomic mass is 19.4. The molecule has 1 saturated carbocycles. The summed E-state index contributed by atoms with van der Waals surface area (Å²) in [7, 11) is 6.32. The fourth-order valence-corrected chi connectivity index (χ4v) is 4.26. The molecule has 0 bridgehead atoms. The summed E-state index contributed by atoms with van der Waals surface area (Å²) in [4.78, 5) is 4.60. The minimum absolute atomic E-state index is 0.0561. The minimum atomic E-state index is -4.25. The topological polar surface area (TPSA) is 6.48 Å². The van der Waals surface area contributed by atoms with E-state index in [2.05, 4.69) is 30.9 Å². The van der Waals surface area contributed by atoms with Crippen molar-refractivity contribution in [3.63, 3.8) is 0 Å². The molecule has 0 radical (unpaired) electrons. The molecule has 140 valence electrons. The highest BCUT2D eigenvalue weighted by Gasteiger charge is 2.39. The lowest BCUT2D eigenvalue weighted by Crippen LogP contribution is -2.55. The molecule has 1 atom stereocenters. The first-order valence-corrected chi connectivity index (χ1v) is 9.27. The molecule has 2 fully saturated rings. The molecule has 3 rings (SSSR count). The lowest BCUT2D eigenvalue weighted by Gasteiger charge is -2.46. The molecule has 0 spiro atoms. The number of halogens is 3. The second-order valence-electron chi connectivity index (χ2n) is 8.15. The highest BCUT2D eigenvalue weighted by Crippen LogP contribution is 2.46. The van der Waals surface area contributed by atoms with Crippen LogP contribution in [-0.2, 0) is 12.6 Å². The molecule has 25 heavy (non-hydrogen) atoms. The first-order valence-electron chi connectivity index (χ1n) is 9.27. The van der Waals surface area contributed by atoms with Crippen LogP contribution < -0.4 is 0 Å². The van der Waals surface area contributed by atoms with Gasteiger partial charge < -0.3 is 9.80 Å². The van der Waals surface area contributed by atoms with E-state index in [0.717, 1.165) is 50.8 Å². The SMILES string of the molecule is CN1CCC[C@@](CCc2ccc(C3CC3)c(C(F)(F)F)c2)(N(C)C)C1. The van der Waals surface area contributed by atoms with Gasteiger partial charge in [0.05, 0.1) is 5.56 Å². The van der Waals surface area contributed by atoms with Crippen molar-refractivity contribution >= 4 is 0 Å². The number of hydrogen-bond acceptors (Lipinski definition) is 2. The van der Waals surface area contributed by atoms with Gasteiger partial charge in [0.15, 0.2) is 0 Å². The van der Waals surface area contributed by atoms with Gasteiger partial charge in [0.2, 0.25) is 0 Å². The van der Waals surface area contributed by atoms with Gasteiger partial charge in [-0.15, -0.1) is 0 Å². The molecular weight excluding hydrogens is 325 g/mol. The summed E-state index contributed by atoms with van der Waals surface area (Å²) in [6.45, 7) is 2.08. The summed E-state index contributed by atoms with van der Waals surface area (Å²) >= 11 is 0. The van der Waals surface area contributed by atoms with Crippen LogP contribution in [0.2, 0.25) is 0 Å². The monoisotopic (exact) mass is 354 g/mol. The number of hydrogen-bond donors (Lipinski definition) is 0. The second-order valence-corrected chi connectivity index (χ2v) is 8.15. The van der Waals surface area contributed by atoms with E-state index >= 15 is 0 Å². The highest BCUT2D eigenvalue weighted by molar-refractivity contribution is 5.38. The third kappa shape index (κ3) is 4.20. The molecule has 1 aromatic rings. The van der Waals surface area contributed by atoms with E-state index in [1.807, 2.05) is 6.07 Å². The Hall–Kier alpha value is -1.07. The smallest absolute Gasteiger partial charge is 0.305 e. The summed E-state index contributed by atoms with van der Waals surface area (Å²) in [6.07, 6.45) is 1.36. The zero-order valence-corrected chi connectivity index (χ0v) is 15.5. The van der Waals surface area contributed by atoms with Gasteiger partial charge in [-0.2, -0.15) is 13.2 Å². The van der Waals surface area contributed by atoms with Crippen molar-refractivity contribution in [2.45, 2.75) is 56.2 Å². The van der Waals surface area contributed by atoms with Crippen LogP contribution in [0.4, 0.5) is 13.2 Å². The van der Waals surface area contributed by atoms with E-state index in [1.165, 1.54) is 6.07 Å². The number of alkyl halides is 3. The summed E-state index contributed by atoms with van der Waals surface area (Å²) in [5, 5.41) is 0. The number of likely N-dealkylation sites (N-methyl/N-ethyl adjacent to an activating group) is 2. The van der Waals surface area contributed by atoms with E-state index in [0.29, 0.717) is 12.0 Å². The normalized spacial score (nSPS) is 25.6. The van der Waals surface area contributed by atoms with Crippen molar-refractivity contribution in [2.24, 2.45) is 0 Å². The maximum absolute atomic E-state index is 13.5. The van der Waals surface area contributed by atoms with Gasteiger partial charge in [0, 0.05) is 12.1 Å². The average Bonchev–Trinajstić information content (AvgIpc) is 3.36. The largest absolute Gasteiger partial charge is 0.416 e. The maximum Gasteiger partial charge on any atom is 0.416 e. The first kappa shape index (κ1) is 18.7. The quantitative estimate of drug-likeness (QED) is 0.766. The second kappa shape index (κ2) is 6.92. The van der Waals surface area contributed by atoms with Crippen LogP contribution >= 0.6 is 0 Å². The number of piperidine rings is 1. The Morgan fingerprint density at radius 1 is 1.24 bits per heavy atom. The lowest BCUT2D eigenvalue weighted by atomic mass is 9.82. The Balaban J connectivity index is 1.78. The molecule has 1 aromatic carbocycles. The van der Waals surface area contributed by atoms with E-state index < -0.39 is 11.7 Å². The third-order valence-corrected chi connectivity index (χ3v) is 6.01. The molecule has 1 aliphatic carbocycles. The molecule has 1 heterocycles. The van der Waals surface area contributed by atoms with Gasteiger partial charge in [-0.3, -0.25) is 0 Å². The van der Waals surface area contributed by atoms with Crippen LogP contribution in [0.1, 0.15) is 54.7 Å². The summed E-state index contributed by atoms with van der Waals surface area (Å²) < 4.78 is 40.4. The number of nitrogens with zero attached hydrogens (tertiary/aromatic N) is 2. The minimum Gasteiger partial charge on any atom is -0.305 e. The standard InChI is InChI=1S/C20H29F3N2/c1-24(2)19(10-4-12-25(3)14-19)11-9-15-5-8-17(16-6-7-16)18(13-15)20(21,22)23/h5,8,13,16H,4,6-7,9-12,14H2,1-3H3/t19-/m0/s1. The van der Waals surface area contributed by atoms with Gasteiger partial charge >= 0.3 is 6.18 Å². The van der Waals surface area contributed by atoms with Gasteiger partial charge in [0.1, 0.15) is 0 Å². The summed E-state index contributed by atoms with van der Waals surface area (Å²) in [5.41, 5.74) is 0.954. The fraction of sp³-hybridized carbons (Fsp3) is 0.700. The molecular formula is C20H29F3N2. The van der Waals surface area contributed by atoms with Gasteiger partial charge in [-0.25, -0.2) is 0 Å². The van der Waals surface area contributed by atoms with E-state index in [1.54, 1.807) is 6.07 Å². The van der Waals surface area contributed by atoms with Crippen molar-refractivity contribution < 1.29 is 13.2 Å². The maximum atomic E-state index is 13.5. The number of aryl methyl sites for hydroxylation is 1. The number of rotatable bonds is 5. The molecule has 0 aromatic heterocycles. The van der Waals surface area contributed by atoms with Crippen molar-refractivity contribution in [1.82, 2.24) is 9.80 Å². The van der Waals surface area contributed by atoms with Crippen LogP contribution in [0.15, 0.2) is 18.2 Å². The zero-order valence-electron chi connectivity index (χ0n) is 15.5. The first-order chi connectivity index (χ1) is 11.7. The van der Waals surface area contributed by atoms with Crippen molar-refractivity contribution in [2.75, 3.05) is 34.2 Å². The zero-order chi connectivity index (χ0) is 18.2.